The zero-order valence-corrected chi connectivity index (χ0v) is 11.8. The predicted octanol–water partition coefficient (Wildman–Crippen LogP) is 4.92. The van der Waals surface area contributed by atoms with E-state index in [1.165, 1.54) is 16.7 Å². The third-order valence-electron chi connectivity index (χ3n) is 2.62. The maximum atomic E-state index is 8.56. The second-order valence-corrected chi connectivity index (χ2v) is 4.12. The first-order valence-corrected chi connectivity index (χ1v) is 6.51. The zero-order chi connectivity index (χ0) is 15.5. The van der Waals surface area contributed by atoms with E-state index in [9.17, 15) is 0 Å². The van der Waals surface area contributed by atoms with E-state index in [1.54, 1.807) is 0 Å². The summed E-state index contributed by atoms with van der Waals surface area (Å²) >= 11 is 0. The number of hydrogen-bond donors (Lipinski definition) is 2. The molecule has 0 fully saturated rings. The van der Waals surface area contributed by atoms with E-state index in [-0.39, 0.29) is 0 Å². The average molecular weight is 282 g/mol. The number of carboxylic acid groups (broad SMARTS) is 2. The Balaban J connectivity index is 0.000000491. The van der Waals surface area contributed by atoms with Gasteiger partial charge in [0, 0.05) is 0 Å². The van der Waals surface area contributed by atoms with Crippen molar-refractivity contribution in [1.82, 2.24) is 0 Å². The van der Waals surface area contributed by atoms with Crippen molar-refractivity contribution in [2.75, 3.05) is 0 Å². The van der Waals surface area contributed by atoms with Crippen LogP contribution in [0.15, 0.2) is 78.9 Å². The van der Waals surface area contributed by atoms with E-state index < -0.39 is 6.16 Å². The topological polar surface area (TPSA) is 57.5 Å². The Morgan fingerprint density at radius 2 is 1.24 bits per heavy atom. The summed E-state index contributed by atoms with van der Waals surface area (Å²) in [7, 11) is 0. The van der Waals surface area contributed by atoms with E-state index in [0.29, 0.717) is 0 Å². The fourth-order valence-electron chi connectivity index (χ4n) is 1.79. The van der Waals surface area contributed by atoms with E-state index in [4.69, 9.17) is 15.0 Å². The molecule has 0 saturated heterocycles. The minimum Gasteiger partial charge on any atom is -0.450 e. The van der Waals surface area contributed by atoms with Crippen molar-refractivity contribution in [1.29, 1.82) is 0 Å². The van der Waals surface area contributed by atoms with Crippen LogP contribution in [0.1, 0.15) is 18.1 Å². The third-order valence-corrected chi connectivity index (χ3v) is 2.62. The Bertz CT molecular complexity index is 553. The lowest BCUT2D eigenvalue weighted by Gasteiger charge is -2.07. The molecule has 0 spiro atoms. The van der Waals surface area contributed by atoms with Gasteiger partial charge in [-0.1, -0.05) is 78.9 Å². The quantitative estimate of drug-likeness (QED) is 0.786. The van der Waals surface area contributed by atoms with Gasteiger partial charge in [0.2, 0.25) is 0 Å². The molecule has 0 aliphatic heterocycles. The van der Waals surface area contributed by atoms with E-state index in [1.807, 2.05) is 25.1 Å². The highest BCUT2D eigenvalue weighted by Crippen LogP contribution is 2.22. The van der Waals surface area contributed by atoms with Crippen LogP contribution in [0.5, 0.6) is 0 Å². The van der Waals surface area contributed by atoms with Gasteiger partial charge in [-0.05, 0) is 23.6 Å². The Hall–Kier alpha value is -2.81. The van der Waals surface area contributed by atoms with Gasteiger partial charge in [0.1, 0.15) is 0 Å². The largest absolute Gasteiger partial charge is 0.503 e. The molecule has 2 N–H and O–H groups in total. The van der Waals surface area contributed by atoms with Crippen molar-refractivity contribution in [3.05, 3.63) is 90.0 Å². The summed E-state index contributed by atoms with van der Waals surface area (Å²) in [5.41, 5.74) is 3.75. The fraction of sp³-hybridized carbons (Fsp3) is 0.0556. The second-order valence-electron chi connectivity index (χ2n) is 4.12. The maximum Gasteiger partial charge on any atom is 0.503 e. The highest BCUT2D eigenvalue weighted by molar-refractivity contribution is 5.80. The van der Waals surface area contributed by atoms with Crippen LogP contribution in [0.4, 0.5) is 4.79 Å². The molecule has 0 aromatic heterocycles. The lowest BCUT2D eigenvalue weighted by Crippen LogP contribution is -1.86. The van der Waals surface area contributed by atoms with Crippen molar-refractivity contribution in [2.24, 2.45) is 0 Å². The van der Waals surface area contributed by atoms with Crippen LogP contribution >= 0.6 is 0 Å². The molecule has 0 atom stereocenters. The molecule has 2 aromatic rings. The predicted molar refractivity (Wildman–Crippen MR) is 85.4 cm³/mol. The van der Waals surface area contributed by atoms with Crippen molar-refractivity contribution in [2.45, 2.75) is 6.92 Å². The summed E-state index contributed by atoms with van der Waals surface area (Å²) in [6, 6.07) is 20.9. The summed E-state index contributed by atoms with van der Waals surface area (Å²) < 4.78 is 0. The fourth-order valence-corrected chi connectivity index (χ4v) is 1.79. The number of allylic oxidation sites excluding steroid dienone is 3. The van der Waals surface area contributed by atoms with E-state index >= 15 is 0 Å². The lowest BCUT2D eigenvalue weighted by atomic mass is 9.97. The number of hydrogen-bond acceptors (Lipinski definition) is 1. The Kier molecular flexibility index (Phi) is 7.08. The molecule has 0 saturated carbocycles. The normalized spacial score (nSPS) is 9.57. The molecule has 3 nitrogen and oxygen atoms in total. The standard InChI is InChI=1S/C17H16.CH2O3/c1-2-3-14-17(15-10-6-4-7-11-15)16-12-8-5-9-13-16;2-1(3)4/h2-14H,1H3;(H2,2,3,4). The van der Waals surface area contributed by atoms with E-state index in [0.717, 1.165) is 0 Å². The van der Waals surface area contributed by atoms with Gasteiger partial charge >= 0.3 is 6.16 Å². The first-order valence-electron chi connectivity index (χ1n) is 6.51. The Morgan fingerprint density at radius 3 is 1.57 bits per heavy atom. The van der Waals surface area contributed by atoms with Gasteiger partial charge in [-0.2, -0.15) is 0 Å². The highest BCUT2D eigenvalue weighted by atomic mass is 16.6. The molecule has 0 amide bonds. The van der Waals surface area contributed by atoms with Gasteiger partial charge < -0.3 is 10.2 Å². The molecule has 0 aliphatic rings. The molecule has 2 aromatic carbocycles. The summed E-state index contributed by atoms with van der Waals surface area (Å²) in [4.78, 5) is 8.56. The summed E-state index contributed by atoms with van der Waals surface area (Å²) in [6.07, 6.45) is 4.45. The SMILES string of the molecule is CC=CC=C(c1ccccc1)c1ccccc1.O=C(O)O. The first kappa shape index (κ1) is 16.2. The smallest absolute Gasteiger partial charge is 0.450 e. The molecule has 0 bridgehead atoms. The van der Waals surface area contributed by atoms with Crippen LogP contribution < -0.4 is 0 Å². The average Bonchev–Trinajstić information content (AvgIpc) is 2.49. The molecule has 0 radical (unpaired) electrons. The summed E-state index contributed by atoms with van der Waals surface area (Å²) in [5.74, 6) is 0. The van der Waals surface area contributed by atoms with Gasteiger partial charge in [0.05, 0.1) is 0 Å². The van der Waals surface area contributed by atoms with Crippen molar-refractivity contribution < 1.29 is 15.0 Å². The number of carbonyl (C=O) groups is 1. The van der Waals surface area contributed by atoms with Crippen LogP contribution in [0.3, 0.4) is 0 Å². The van der Waals surface area contributed by atoms with Crippen molar-refractivity contribution in [3.8, 4) is 0 Å². The second kappa shape index (κ2) is 9.15. The van der Waals surface area contributed by atoms with Crippen LogP contribution in [0.2, 0.25) is 0 Å². The zero-order valence-electron chi connectivity index (χ0n) is 11.8. The molecule has 0 aliphatic carbocycles. The van der Waals surface area contributed by atoms with Crippen LogP contribution in [-0.2, 0) is 0 Å². The minimum absolute atomic E-state index is 1.25. The molecular weight excluding hydrogens is 264 g/mol. The van der Waals surface area contributed by atoms with Crippen LogP contribution in [0, 0.1) is 0 Å². The Morgan fingerprint density at radius 1 is 0.857 bits per heavy atom. The molecule has 3 heteroatoms. The van der Waals surface area contributed by atoms with Crippen LogP contribution in [0.25, 0.3) is 5.57 Å². The monoisotopic (exact) mass is 282 g/mol. The lowest BCUT2D eigenvalue weighted by molar-refractivity contribution is 0.137. The van der Waals surface area contributed by atoms with Gasteiger partial charge in [0.15, 0.2) is 0 Å². The first-order chi connectivity index (χ1) is 10.1. The van der Waals surface area contributed by atoms with Gasteiger partial charge in [-0.3, -0.25) is 0 Å². The molecule has 0 unspecified atom stereocenters. The van der Waals surface area contributed by atoms with Crippen molar-refractivity contribution in [3.63, 3.8) is 0 Å². The van der Waals surface area contributed by atoms with E-state index in [2.05, 4.69) is 60.7 Å². The molecule has 2 rings (SSSR count). The minimum atomic E-state index is -1.83. The third kappa shape index (κ3) is 6.25. The maximum absolute atomic E-state index is 8.56. The highest BCUT2D eigenvalue weighted by Gasteiger charge is 2.02. The molecule has 108 valence electrons. The van der Waals surface area contributed by atoms with Gasteiger partial charge in [0.25, 0.3) is 0 Å². The number of rotatable bonds is 3. The molecule has 21 heavy (non-hydrogen) atoms. The van der Waals surface area contributed by atoms with Crippen LogP contribution in [-0.4, -0.2) is 16.4 Å². The summed E-state index contributed by atoms with van der Waals surface area (Å²) in [5, 5.41) is 13.9. The molecular formula is C18H18O3. The van der Waals surface area contributed by atoms with Gasteiger partial charge in [-0.25, -0.2) is 4.79 Å². The van der Waals surface area contributed by atoms with Gasteiger partial charge in [-0.15, -0.1) is 0 Å². The summed E-state index contributed by atoms with van der Waals surface area (Å²) in [6.45, 7) is 2.03. The molecule has 0 heterocycles. The Labute approximate surface area is 124 Å². The van der Waals surface area contributed by atoms with Crippen molar-refractivity contribution >= 4 is 11.7 Å². The number of benzene rings is 2.